The fraction of sp³-hybridized carbons (Fsp3) is 0.833. The second-order valence-corrected chi connectivity index (χ2v) is 5.79. The number of piperazine rings is 1. The molecule has 0 saturated carbocycles. The summed E-state index contributed by atoms with van der Waals surface area (Å²) in [5.74, 6) is 1.51. The summed E-state index contributed by atoms with van der Waals surface area (Å²) in [6.45, 7) is 12.3. The van der Waals surface area contributed by atoms with Gasteiger partial charge in [0, 0.05) is 31.1 Å². The molecule has 0 spiro atoms. The molecule has 0 amide bonds. The molecular formula is C12H22N4O. The van der Waals surface area contributed by atoms with E-state index in [0.717, 1.165) is 37.9 Å². The van der Waals surface area contributed by atoms with Gasteiger partial charge in [-0.05, 0) is 6.92 Å². The first-order chi connectivity index (χ1) is 7.97. The van der Waals surface area contributed by atoms with Crippen molar-refractivity contribution in [2.75, 3.05) is 19.6 Å². The molecular weight excluding hydrogens is 216 g/mol. The van der Waals surface area contributed by atoms with E-state index in [1.807, 2.05) is 0 Å². The Morgan fingerprint density at radius 3 is 2.82 bits per heavy atom. The lowest BCUT2D eigenvalue weighted by molar-refractivity contribution is 0.146. The summed E-state index contributed by atoms with van der Waals surface area (Å²) in [5, 5.41) is 7.42. The van der Waals surface area contributed by atoms with Crippen LogP contribution in [-0.4, -0.2) is 40.7 Å². The van der Waals surface area contributed by atoms with Crippen molar-refractivity contribution in [1.29, 1.82) is 0 Å². The van der Waals surface area contributed by atoms with Gasteiger partial charge in [0.1, 0.15) is 0 Å². The molecule has 5 nitrogen and oxygen atoms in total. The van der Waals surface area contributed by atoms with Crippen LogP contribution in [0.25, 0.3) is 0 Å². The zero-order chi connectivity index (χ0) is 12.5. The van der Waals surface area contributed by atoms with Crippen LogP contribution in [0.3, 0.4) is 0 Å². The van der Waals surface area contributed by atoms with Crippen molar-refractivity contribution in [3.05, 3.63) is 11.7 Å². The molecule has 0 aromatic carbocycles. The summed E-state index contributed by atoms with van der Waals surface area (Å²) in [6.07, 6.45) is 0. The van der Waals surface area contributed by atoms with Crippen LogP contribution in [-0.2, 0) is 12.0 Å². The summed E-state index contributed by atoms with van der Waals surface area (Å²) in [5.41, 5.74) is -0.0448. The van der Waals surface area contributed by atoms with E-state index in [1.165, 1.54) is 0 Å². The maximum atomic E-state index is 5.32. The minimum Gasteiger partial charge on any atom is -0.338 e. The van der Waals surface area contributed by atoms with Gasteiger partial charge in [0.2, 0.25) is 5.89 Å². The predicted octanol–water partition coefficient (Wildman–Crippen LogP) is 1.16. The van der Waals surface area contributed by atoms with Gasteiger partial charge in [0.05, 0.1) is 6.54 Å². The van der Waals surface area contributed by atoms with Crippen molar-refractivity contribution in [3.8, 4) is 0 Å². The van der Waals surface area contributed by atoms with Crippen LogP contribution in [0, 0.1) is 0 Å². The van der Waals surface area contributed by atoms with Crippen molar-refractivity contribution < 1.29 is 4.52 Å². The standard InChI is InChI=1S/C12H22N4O/c1-9-7-13-5-6-16(9)8-10-14-11(15-17-10)12(2,3)4/h9,13H,5-8H2,1-4H3/t9-/m0/s1. The molecule has 2 rings (SSSR count). The fourth-order valence-corrected chi connectivity index (χ4v) is 1.92. The summed E-state index contributed by atoms with van der Waals surface area (Å²) in [6, 6.07) is 0.522. The largest absolute Gasteiger partial charge is 0.338 e. The number of aromatic nitrogens is 2. The van der Waals surface area contributed by atoms with Crippen molar-refractivity contribution in [3.63, 3.8) is 0 Å². The Balaban J connectivity index is 2.01. The lowest BCUT2D eigenvalue weighted by atomic mass is 9.96. The molecule has 1 saturated heterocycles. The normalized spacial score (nSPS) is 22.9. The van der Waals surface area contributed by atoms with Crippen LogP contribution in [0.1, 0.15) is 39.4 Å². The Morgan fingerprint density at radius 2 is 2.24 bits per heavy atom. The van der Waals surface area contributed by atoms with Gasteiger partial charge in [0.15, 0.2) is 5.82 Å². The first kappa shape index (κ1) is 12.5. The van der Waals surface area contributed by atoms with Crippen LogP contribution < -0.4 is 5.32 Å². The molecule has 0 unspecified atom stereocenters. The molecule has 5 heteroatoms. The SMILES string of the molecule is C[C@H]1CNCCN1Cc1nc(C(C)(C)C)no1. The molecule has 2 heterocycles. The summed E-state index contributed by atoms with van der Waals surface area (Å²) in [7, 11) is 0. The van der Waals surface area contributed by atoms with Crippen LogP contribution in [0.2, 0.25) is 0 Å². The van der Waals surface area contributed by atoms with Crippen molar-refractivity contribution in [2.24, 2.45) is 0 Å². The number of hydrogen-bond donors (Lipinski definition) is 1. The molecule has 1 aliphatic rings. The predicted molar refractivity (Wildman–Crippen MR) is 65.7 cm³/mol. The molecule has 0 aliphatic carbocycles. The van der Waals surface area contributed by atoms with Gasteiger partial charge in [-0.1, -0.05) is 25.9 Å². The monoisotopic (exact) mass is 238 g/mol. The van der Waals surface area contributed by atoms with Gasteiger partial charge < -0.3 is 9.84 Å². The van der Waals surface area contributed by atoms with Crippen LogP contribution in [0.4, 0.5) is 0 Å². The van der Waals surface area contributed by atoms with E-state index >= 15 is 0 Å². The number of hydrogen-bond acceptors (Lipinski definition) is 5. The molecule has 0 radical (unpaired) electrons. The van der Waals surface area contributed by atoms with Gasteiger partial charge >= 0.3 is 0 Å². The van der Waals surface area contributed by atoms with Gasteiger partial charge in [0.25, 0.3) is 0 Å². The molecule has 1 aromatic heterocycles. The minimum absolute atomic E-state index is 0.0448. The number of nitrogens with zero attached hydrogens (tertiary/aromatic N) is 3. The van der Waals surface area contributed by atoms with Crippen LogP contribution in [0.5, 0.6) is 0 Å². The van der Waals surface area contributed by atoms with Crippen molar-refractivity contribution >= 4 is 0 Å². The third-order valence-corrected chi connectivity index (χ3v) is 3.12. The highest BCUT2D eigenvalue weighted by Gasteiger charge is 2.24. The van der Waals surface area contributed by atoms with Crippen molar-refractivity contribution in [1.82, 2.24) is 20.4 Å². The van der Waals surface area contributed by atoms with Crippen LogP contribution >= 0.6 is 0 Å². The number of nitrogens with one attached hydrogen (secondary N) is 1. The maximum absolute atomic E-state index is 5.32. The summed E-state index contributed by atoms with van der Waals surface area (Å²) < 4.78 is 5.32. The van der Waals surface area contributed by atoms with Gasteiger partial charge in [-0.2, -0.15) is 4.98 Å². The molecule has 1 atom stereocenters. The smallest absolute Gasteiger partial charge is 0.240 e. The van der Waals surface area contributed by atoms with E-state index in [4.69, 9.17) is 4.52 Å². The highest BCUT2D eigenvalue weighted by molar-refractivity contribution is 5.00. The molecule has 1 fully saturated rings. The molecule has 96 valence electrons. The first-order valence-electron chi connectivity index (χ1n) is 6.24. The topological polar surface area (TPSA) is 54.2 Å². The second-order valence-electron chi connectivity index (χ2n) is 5.79. The minimum atomic E-state index is -0.0448. The number of rotatable bonds is 2. The third kappa shape index (κ3) is 3.04. The lowest BCUT2D eigenvalue weighted by Crippen LogP contribution is -2.49. The van der Waals surface area contributed by atoms with Gasteiger partial charge in [-0.3, -0.25) is 4.90 Å². The summed E-state index contributed by atoms with van der Waals surface area (Å²) in [4.78, 5) is 6.84. The van der Waals surface area contributed by atoms with E-state index in [0.29, 0.717) is 6.04 Å². The molecule has 0 bridgehead atoms. The van der Waals surface area contributed by atoms with Crippen LogP contribution in [0.15, 0.2) is 4.52 Å². The average Bonchev–Trinajstić information content (AvgIpc) is 2.69. The Hall–Kier alpha value is -0.940. The molecule has 1 aliphatic heterocycles. The Kier molecular flexibility index (Phi) is 3.49. The van der Waals surface area contributed by atoms with Crippen molar-refractivity contribution in [2.45, 2.75) is 45.7 Å². The zero-order valence-electron chi connectivity index (χ0n) is 11.2. The Bertz CT molecular complexity index is 369. The molecule has 1 aromatic rings. The zero-order valence-corrected chi connectivity index (χ0v) is 11.2. The average molecular weight is 238 g/mol. The first-order valence-corrected chi connectivity index (χ1v) is 6.24. The van der Waals surface area contributed by atoms with E-state index in [9.17, 15) is 0 Å². The van der Waals surface area contributed by atoms with E-state index < -0.39 is 0 Å². The van der Waals surface area contributed by atoms with E-state index in [2.05, 4.69) is 48.1 Å². The van der Waals surface area contributed by atoms with E-state index in [-0.39, 0.29) is 5.41 Å². The lowest BCUT2D eigenvalue weighted by Gasteiger charge is -2.32. The summed E-state index contributed by atoms with van der Waals surface area (Å²) >= 11 is 0. The highest BCUT2D eigenvalue weighted by Crippen LogP contribution is 2.19. The fourth-order valence-electron chi connectivity index (χ4n) is 1.92. The maximum Gasteiger partial charge on any atom is 0.240 e. The Morgan fingerprint density at radius 1 is 1.47 bits per heavy atom. The van der Waals surface area contributed by atoms with Gasteiger partial charge in [-0.15, -0.1) is 0 Å². The molecule has 1 N–H and O–H groups in total. The van der Waals surface area contributed by atoms with E-state index in [1.54, 1.807) is 0 Å². The highest BCUT2D eigenvalue weighted by atomic mass is 16.5. The molecule has 17 heavy (non-hydrogen) atoms. The van der Waals surface area contributed by atoms with Gasteiger partial charge in [-0.25, -0.2) is 0 Å². The quantitative estimate of drug-likeness (QED) is 0.838. The third-order valence-electron chi connectivity index (χ3n) is 3.12. The second kappa shape index (κ2) is 4.74. The Labute approximate surface area is 103 Å².